The highest BCUT2D eigenvalue weighted by Crippen LogP contribution is 2.40. The second-order valence-corrected chi connectivity index (χ2v) is 10.4. The maximum absolute atomic E-state index is 12.4. The summed E-state index contributed by atoms with van der Waals surface area (Å²) < 4.78 is 6.07. The molecule has 0 aliphatic rings. The first-order valence-electron chi connectivity index (χ1n) is 11.9. The van der Waals surface area contributed by atoms with E-state index in [1.165, 1.54) is 5.56 Å². The molecule has 186 valence electrons. The van der Waals surface area contributed by atoms with Gasteiger partial charge in [0.05, 0.1) is 23.4 Å². The first-order valence-corrected chi connectivity index (χ1v) is 12.3. The van der Waals surface area contributed by atoms with Crippen molar-refractivity contribution in [3.8, 4) is 11.1 Å². The third-order valence-corrected chi connectivity index (χ3v) is 6.25. The Labute approximate surface area is 217 Å². The standard InChI is InChI=1S/C30H31ClN2O3/c1-18-8-6-7-9-24(18)32-17-22-14-15-23-25(33-22)16-19(2)26(28(29(34)35)36-30(3,4)5)27(23)20-10-12-21(31)13-11-20/h6-16,28,32H,17H2,1-5H3,(H,34,35). The number of hydrogen-bond donors (Lipinski definition) is 2. The molecular weight excluding hydrogens is 472 g/mol. The Kier molecular flexibility index (Phi) is 7.34. The Bertz CT molecular complexity index is 1410. The highest BCUT2D eigenvalue weighted by atomic mass is 35.5. The lowest BCUT2D eigenvalue weighted by Crippen LogP contribution is -2.28. The summed E-state index contributed by atoms with van der Waals surface area (Å²) >= 11 is 6.17. The second kappa shape index (κ2) is 10.3. The Balaban J connectivity index is 1.86. The molecule has 0 saturated carbocycles. The van der Waals surface area contributed by atoms with Gasteiger partial charge in [-0.1, -0.05) is 48.0 Å². The van der Waals surface area contributed by atoms with Crippen LogP contribution < -0.4 is 5.32 Å². The third kappa shape index (κ3) is 5.69. The molecule has 3 aromatic carbocycles. The minimum atomic E-state index is -1.14. The van der Waals surface area contributed by atoms with Crippen molar-refractivity contribution in [3.63, 3.8) is 0 Å². The highest BCUT2D eigenvalue weighted by molar-refractivity contribution is 6.30. The third-order valence-electron chi connectivity index (χ3n) is 5.99. The number of benzene rings is 3. The topological polar surface area (TPSA) is 71.5 Å². The van der Waals surface area contributed by atoms with E-state index in [2.05, 4.69) is 18.3 Å². The molecule has 1 heterocycles. The lowest BCUT2D eigenvalue weighted by molar-refractivity contribution is -0.160. The number of hydrogen-bond acceptors (Lipinski definition) is 4. The van der Waals surface area contributed by atoms with Crippen molar-refractivity contribution in [2.45, 2.75) is 52.9 Å². The van der Waals surface area contributed by atoms with E-state index in [4.69, 9.17) is 21.3 Å². The van der Waals surface area contributed by atoms with Gasteiger partial charge in [-0.3, -0.25) is 4.98 Å². The summed E-state index contributed by atoms with van der Waals surface area (Å²) in [6, 6.07) is 21.5. The molecule has 36 heavy (non-hydrogen) atoms. The van der Waals surface area contributed by atoms with Crippen molar-refractivity contribution < 1.29 is 14.6 Å². The molecule has 0 amide bonds. The van der Waals surface area contributed by atoms with Crippen molar-refractivity contribution in [3.05, 3.63) is 94.1 Å². The Morgan fingerprint density at radius 3 is 2.36 bits per heavy atom. The van der Waals surface area contributed by atoms with Crippen LogP contribution in [0.5, 0.6) is 0 Å². The maximum atomic E-state index is 12.4. The van der Waals surface area contributed by atoms with Crippen LogP contribution in [0.3, 0.4) is 0 Å². The fraction of sp³-hybridized carbons (Fsp3) is 0.267. The zero-order valence-electron chi connectivity index (χ0n) is 21.2. The molecule has 2 N–H and O–H groups in total. The average Bonchev–Trinajstić information content (AvgIpc) is 2.81. The summed E-state index contributed by atoms with van der Waals surface area (Å²) in [5.74, 6) is -1.03. The number of carboxylic acid groups (broad SMARTS) is 1. The lowest BCUT2D eigenvalue weighted by atomic mass is 9.88. The van der Waals surface area contributed by atoms with Crippen molar-refractivity contribution in [2.75, 3.05) is 5.32 Å². The molecule has 0 saturated heterocycles. The summed E-state index contributed by atoms with van der Waals surface area (Å²) in [5, 5.41) is 15.1. The van der Waals surface area contributed by atoms with Gasteiger partial charge in [-0.05, 0) is 87.2 Å². The van der Waals surface area contributed by atoms with E-state index in [0.717, 1.165) is 39.0 Å². The predicted molar refractivity (Wildman–Crippen MR) is 147 cm³/mol. The fourth-order valence-corrected chi connectivity index (χ4v) is 4.50. The predicted octanol–water partition coefficient (Wildman–Crippen LogP) is 7.72. The van der Waals surface area contributed by atoms with Crippen molar-refractivity contribution in [1.82, 2.24) is 4.98 Å². The molecule has 0 aliphatic heterocycles. The second-order valence-electron chi connectivity index (χ2n) is 9.98. The van der Waals surface area contributed by atoms with E-state index in [1.807, 2.05) is 88.4 Å². The molecule has 6 heteroatoms. The molecule has 1 aromatic heterocycles. The number of nitrogens with zero attached hydrogens (tertiary/aromatic N) is 1. The quantitative estimate of drug-likeness (QED) is 0.270. The Hall–Kier alpha value is -3.41. The lowest BCUT2D eigenvalue weighted by Gasteiger charge is -2.28. The largest absolute Gasteiger partial charge is 0.479 e. The molecule has 4 aromatic rings. The first-order chi connectivity index (χ1) is 17.0. The number of aryl methyl sites for hydroxylation is 2. The van der Waals surface area contributed by atoms with Crippen LogP contribution in [-0.2, 0) is 16.1 Å². The van der Waals surface area contributed by atoms with Gasteiger partial charge in [0, 0.05) is 21.7 Å². The summed E-state index contributed by atoms with van der Waals surface area (Å²) in [6.07, 6.45) is -1.14. The highest BCUT2D eigenvalue weighted by Gasteiger charge is 2.31. The summed E-state index contributed by atoms with van der Waals surface area (Å²) in [6.45, 7) is 10.1. The number of fused-ring (bicyclic) bond motifs is 1. The van der Waals surface area contributed by atoms with Crippen LogP contribution in [0.4, 0.5) is 5.69 Å². The van der Waals surface area contributed by atoms with Gasteiger partial charge in [0.2, 0.25) is 0 Å². The van der Waals surface area contributed by atoms with Gasteiger partial charge < -0.3 is 15.2 Å². The number of nitrogens with one attached hydrogen (secondary N) is 1. The van der Waals surface area contributed by atoms with E-state index >= 15 is 0 Å². The van der Waals surface area contributed by atoms with Gasteiger partial charge in [-0.25, -0.2) is 4.79 Å². The maximum Gasteiger partial charge on any atom is 0.337 e. The van der Waals surface area contributed by atoms with Gasteiger partial charge >= 0.3 is 5.97 Å². The Morgan fingerprint density at radius 2 is 1.72 bits per heavy atom. The van der Waals surface area contributed by atoms with E-state index < -0.39 is 17.7 Å². The van der Waals surface area contributed by atoms with Gasteiger partial charge in [0.1, 0.15) is 0 Å². The molecule has 0 radical (unpaired) electrons. The fourth-order valence-electron chi connectivity index (χ4n) is 4.37. The zero-order valence-corrected chi connectivity index (χ0v) is 22.0. The number of ether oxygens (including phenoxy) is 1. The van der Waals surface area contributed by atoms with Crippen LogP contribution >= 0.6 is 11.6 Å². The number of rotatable bonds is 7. The number of anilines is 1. The van der Waals surface area contributed by atoms with Crippen LogP contribution in [0.15, 0.2) is 66.7 Å². The van der Waals surface area contributed by atoms with E-state index in [-0.39, 0.29) is 0 Å². The van der Waals surface area contributed by atoms with Gasteiger partial charge in [-0.2, -0.15) is 0 Å². The van der Waals surface area contributed by atoms with Crippen LogP contribution in [0.2, 0.25) is 5.02 Å². The molecule has 1 unspecified atom stereocenters. The summed E-state index contributed by atoms with van der Waals surface area (Å²) in [7, 11) is 0. The molecule has 0 fully saturated rings. The van der Waals surface area contributed by atoms with E-state index in [9.17, 15) is 9.90 Å². The number of carbonyl (C=O) groups is 1. The van der Waals surface area contributed by atoms with Gasteiger partial charge in [0.15, 0.2) is 6.10 Å². The molecular formula is C30H31ClN2O3. The number of carboxylic acids is 1. The molecule has 1 atom stereocenters. The van der Waals surface area contributed by atoms with Crippen LogP contribution in [0.1, 0.15) is 49.3 Å². The molecule has 0 aliphatic carbocycles. The van der Waals surface area contributed by atoms with Crippen LogP contribution in [0.25, 0.3) is 22.0 Å². The Morgan fingerprint density at radius 1 is 1.03 bits per heavy atom. The van der Waals surface area contributed by atoms with Gasteiger partial charge in [0.25, 0.3) is 0 Å². The minimum absolute atomic E-state index is 0.572. The number of para-hydroxylation sites is 1. The normalized spacial score (nSPS) is 12.5. The molecule has 0 spiro atoms. The number of pyridine rings is 1. The number of aliphatic carboxylic acids is 1. The summed E-state index contributed by atoms with van der Waals surface area (Å²) in [5.41, 5.74) is 6.36. The zero-order chi connectivity index (χ0) is 26.0. The molecule has 5 nitrogen and oxygen atoms in total. The number of halogens is 1. The van der Waals surface area contributed by atoms with Crippen LogP contribution in [0, 0.1) is 13.8 Å². The van der Waals surface area contributed by atoms with E-state index in [0.29, 0.717) is 17.1 Å². The number of aromatic nitrogens is 1. The SMILES string of the molecule is Cc1ccccc1NCc1ccc2c(-c3ccc(Cl)cc3)c(C(OC(C)(C)C)C(=O)O)c(C)cc2n1. The monoisotopic (exact) mass is 502 g/mol. The minimum Gasteiger partial charge on any atom is -0.479 e. The van der Waals surface area contributed by atoms with Crippen molar-refractivity contribution in [1.29, 1.82) is 0 Å². The van der Waals surface area contributed by atoms with Gasteiger partial charge in [-0.15, -0.1) is 0 Å². The molecule has 4 rings (SSSR count). The first kappa shape index (κ1) is 25.7. The molecule has 0 bridgehead atoms. The average molecular weight is 503 g/mol. The smallest absolute Gasteiger partial charge is 0.337 e. The van der Waals surface area contributed by atoms with Crippen molar-refractivity contribution >= 4 is 34.2 Å². The van der Waals surface area contributed by atoms with Crippen molar-refractivity contribution in [2.24, 2.45) is 0 Å². The van der Waals surface area contributed by atoms with Crippen LogP contribution in [-0.4, -0.2) is 21.7 Å². The van der Waals surface area contributed by atoms with E-state index in [1.54, 1.807) is 0 Å². The summed E-state index contributed by atoms with van der Waals surface area (Å²) in [4.78, 5) is 17.4.